The molecule has 18 heavy (non-hydrogen) atoms. The zero-order chi connectivity index (χ0) is 13.0. The molecule has 0 aliphatic carbocycles. The fraction of sp³-hybridized carbons (Fsp3) is 0.692. The lowest BCUT2D eigenvalue weighted by molar-refractivity contribution is -0.126. The van der Waals surface area contributed by atoms with Gasteiger partial charge in [-0.3, -0.25) is 4.79 Å². The minimum atomic E-state index is -0.0197. The molecule has 0 fully saturated rings. The molecule has 2 heterocycles. The van der Waals surface area contributed by atoms with Crippen molar-refractivity contribution in [3.8, 4) is 0 Å². The Kier molecular flexibility index (Phi) is 4.36. The van der Waals surface area contributed by atoms with Crippen LogP contribution in [0.1, 0.15) is 31.3 Å². The van der Waals surface area contributed by atoms with Gasteiger partial charge in [-0.1, -0.05) is 6.92 Å². The van der Waals surface area contributed by atoms with Crippen LogP contribution in [0.25, 0.3) is 0 Å². The maximum atomic E-state index is 11.6. The van der Waals surface area contributed by atoms with E-state index in [1.807, 2.05) is 20.0 Å². The lowest BCUT2D eigenvalue weighted by atomic mass is 10.1. The summed E-state index contributed by atoms with van der Waals surface area (Å²) >= 11 is 0. The average Bonchev–Trinajstić information content (AvgIpc) is 2.69. The highest BCUT2D eigenvalue weighted by molar-refractivity contribution is 5.77. The van der Waals surface area contributed by atoms with Crippen LogP contribution in [0.2, 0.25) is 0 Å². The van der Waals surface area contributed by atoms with Crippen LogP contribution >= 0.6 is 0 Å². The number of amides is 1. The van der Waals surface area contributed by atoms with Gasteiger partial charge in [-0.2, -0.15) is 0 Å². The number of hydrogen-bond donors (Lipinski definition) is 1. The molecule has 5 nitrogen and oxygen atoms in total. The zero-order valence-corrected chi connectivity index (χ0v) is 11.1. The molecule has 0 aromatic carbocycles. The number of aromatic nitrogens is 2. The van der Waals surface area contributed by atoms with Crippen molar-refractivity contribution in [3.63, 3.8) is 0 Å². The average molecular weight is 251 g/mol. The summed E-state index contributed by atoms with van der Waals surface area (Å²) in [4.78, 5) is 16.1. The Bertz CT molecular complexity index is 414. The van der Waals surface area contributed by atoms with E-state index in [2.05, 4.69) is 14.9 Å². The van der Waals surface area contributed by atoms with Crippen molar-refractivity contribution in [2.45, 2.75) is 45.7 Å². The third-order valence-corrected chi connectivity index (χ3v) is 3.06. The molecule has 0 spiro atoms. The molecule has 100 valence electrons. The number of imidazole rings is 1. The maximum Gasteiger partial charge on any atom is 0.246 e. The van der Waals surface area contributed by atoms with Gasteiger partial charge < -0.3 is 14.6 Å². The molecule has 1 aliphatic heterocycles. The molecule has 1 N–H and O–H groups in total. The first-order valence-corrected chi connectivity index (χ1v) is 6.58. The van der Waals surface area contributed by atoms with Crippen LogP contribution in [-0.2, 0) is 22.5 Å². The van der Waals surface area contributed by atoms with E-state index >= 15 is 0 Å². The smallest absolute Gasteiger partial charge is 0.246 e. The highest BCUT2D eigenvalue weighted by Crippen LogP contribution is 2.14. The van der Waals surface area contributed by atoms with E-state index in [-0.39, 0.29) is 18.6 Å². The molecule has 1 amide bonds. The lowest BCUT2D eigenvalue weighted by Crippen LogP contribution is -2.42. The zero-order valence-electron chi connectivity index (χ0n) is 11.1. The van der Waals surface area contributed by atoms with E-state index in [9.17, 15) is 4.79 Å². The quantitative estimate of drug-likeness (QED) is 0.796. The number of nitrogens with one attached hydrogen (secondary N) is 1. The van der Waals surface area contributed by atoms with Crippen LogP contribution in [0.4, 0.5) is 0 Å². The molecule has 0 unspecified atom stereocenters. The molecule has 2 rings (SSSR count). The Balaban J connectivity index is 1.80. The van der Waals surface area contributed by atoms with Crippen molar-refractivity contribution in [1.29, 1.82) is 0 Å². The standard InChI is InChI=1S/C13H21N3O2/c1-3-6-18-9-13(17)15-11-4-5-12-14-10(2)7-16(12)8-11/h7,11H,3-6,8-9H2,1-2H3,(H,15,17)/t11-/m1/s1. The Morgan fingerprint density at radius 3 is 3.28 bits per heavy atom. The van der Waals surface area contributed by atoms with Gasteiger partial charge in [-0.25, -0.2) is 4.98 Å². The number of rotatable bonds is 5. The molecular weight excluding hydrogens is 230 g/mol. The van der Waals surface area contributed by atoms with Crippen LogP contribution in [0, 0.1) is 6.92 Å². The van der Waals surface area contributed by atoms with E-state index < -0.39 is 0 Å². The Labute approximate surface area is 108 Å². The molecule has 0 saturated heterocycles. The largest absolute Gasteiger partial charge is 0.372 e. The van der Waals surface area contributed by atoms with Crippen molar-refractivity contribution < 1.29 is 9.53 Å². The van der Waals surface area contributed by atoms with Crippen LogP contribution in [0.5, 0.6) is 0 Å². The summed E-state index contributed by atoms with van der Waals surface area (Å²) in [5, 5.41) is 3.02. The van der Waals surface area contributed by atoms with Gasteiger partial charge in [0.2, 0.25) is 5.91 Å². The second-order valence-corrected chi connectivity index (χ2v) is 4.81. The molecule has 1 atom stereocenters. The van der Waals surface area contributed by atoms with E-state index in [1.54, 1.807) is 0 Å². The maximum absolute atomic E-state index is 11.6. The monoisotopic (exact) mass is 251 g/mol. The van der Waals surface area contributed by atoms with Gasteiger partial charge in [0.25, 0.3) is 0 Å². The summed E-state index contributed by atoms with van der Waals surface area (Å²) in [5.74, 6) is 1.11. The molecule has 1 aromatic rings. The second kappa shape index (κ2) is 6.00. The van der Waals surface area contributed by atoms with Crippen molar-refractivity contribution in [2.24, 2.45) is 0 Å². The number of hydrogen-bond acceptors (Lipinski definition) is 3. The van der Waals surface area contributed by atoms with Gasteiger partial charge in [-0.15, -0.1) is 0 Å². The number of ether oxygens (including phenoxy) is 1. The molecule has 5 heteroatoms. The number of fused-ring (bicyclic) bond motifs is 1. The fourth-order valence-electron chi connectivity index (χ4n) is 2.28. The first-order valence-electron chi connectivity index (χ1n) is 6.58. The minimum absolute atomic E-state index is 0.0197. The van der Waals surface area contributed by atoms with Crippen molar-refractivity contribution in [2.75, 3.05) is 13.2 Å². The highest BCUT2D eigenvalue weighted by Gasteiger charge is 2.20. The molecule has 1 aromatic heterocycles. The Morgan fingerprint density at radius 1 is 1.67 bits per heavy atom. The molecule has 0 saturated carbocycles. The number of aryl methyl sites for hydroxylation is 2. The lowest BCUT2D eigenvalue weighted by Gasteiger charge is -2.24. The fourth-order valence-corrected chi connectivity index (χ4v) is 2.28. The summed E-state index contributed by atoms with van der Waals surface area (Å²) in [5.41, 5.74) is 1.04. The number of carbonyl (C=O) groups excluding carboxylic acids is 1. The van der Waals surface area contributed by atoms with Gasteiger partial charge >= 0.3 is 0 Å². The molecule has 0 bridgehead atoms. The van der Waals surface area contributed by atoms with Crippen molar-refractivity contribution >= 4 is 5.91 Å². The van der Waals surface area contributed by atoms with Crippen LogP contribution in [0.3, 0.4) is 0 Å². The number of nitrogens with zero attached hydrogens (tertiary/aromatic N) is 2. The third-order valence-electron chi connectivity index (χ3n) is 3.06. The summed E-state index contributed by atoms with van der Waals surface area (Å²) in [6.07, 6.45) is 4.86. The summed E-state index contributed by atoms with van der Waals surface area (Å²) < 4.78 is 7.36. The van der Waals surface area contributed by atoms with Gasteiger partial charge in [0, 0.05) is 31.8 Å². The normalized spacial score (nSPS) is 18.4. The van der Waals surface area contributed by atoms with Gasteiger partial charge in [0.15, 0.2) is 0 Å². The first-order chi connectivity index (χ1) is 8.69. The SMILES string of the molecule is CCCOCC(=O)N[C@@H]1CCc2nc(C)cn2C1. The van der Waals surface area contributed by atoms with Crippen LogP contribution in [-0.4, -0.2) is 34.7 Å². The van der Waals surface area contributed by atoms with Crippen molar-refractivity contribution in [1.82, 2.24) is 14.9 Å². The summed E-state index contributed by atoms with van der Waals surface area (Å²) in [7, 11) is 0. The highest BCUT2D eigenvalue weighted by atomic mass is 16.5. The second-order valence-electron chi connectivity index (χ2n) is 4.81. The Morgan fingerprint density at radius 2 is 2.50 bits per heavy atom. The predicted molar refractivity (Wildman–Crippen MR) is 68.3 cm³/mol. The predicted octanol–water partition coefficient (Wildman–Crippen LogP) is 1.05. The van der Waals surface area contributed by atoms with E-state index in [0.29, 0.717) is 6.61 Å². The van der Waals surface area contributed by atoms with E-state index in [0.717, 1.165) is 37.3 Å². The van der Waals surface area contributed by atoms with Gasteiger partial charge in [-0.05, 0) is 19.8 Å². The van der Waals surface area contributed by atoms with E-state index in [4.69, 9.17) is 4.74 Å². The first kappa shape index (κ1) is 13.1. The molecule has 1 aliphatic rings. The van der Waals surface area contributed by atoms with Gasteiger partial charge in [0.05, 0.1) is 5.69 Å². The Hall–Kier alpha value is -1.36. The third kappa shape index (κ3) is 3.32. The van der Waals surface area contributed by atoms with Gasteiger partial charge in [0.1, 0.15) is 12.4 Å². The molecule has 0 radical (unpaired) electrons. The summed E-state index contributed by atoms with van der Waals surface area (Å²) in [6.45, 7) is 5.65. The topological polar surface area (TPSA) is 56.1 Å². The summed E-state index contributed by atoms with van der Waals surface area (Å²) in [6, 6.07) is 0.198. The number of carbonyl (C=O) groups is 1. The van der Waals surface area contributed by atoms with Crippen LogP contribution in [0.15, 0.2) is 6.20 Å². The minimum Gasteiger partial charge on any atom is -0.372 e. The van der Waals surface area contributed by atoms with Crippen LogP contribution < -0.4 is 5.32 Å². The van der Waals surface area contributed by atoms with E-state index in [1.165, 1.54) is 0 Å². The molecular formula is C13H21N3O2. The van der Waals surface area contributed by atoms with Crippen molar-refractivity contribution in [3.05, 3.63) is 17.7 Å².